The topological polar surface area (TPSA) is 50.4 Å². The number of carboxylic acid groups (broad SMARTS) is 1. The molecule has 0 aliphatic rings. The SMILES string of the molecule is O=C(O)c1ccc(Sc2ccccc2Br)o1. The van der Waals surface area contributed by atoms with Crippen LogP contribution in [0.1, 0.15) is 10.6 Å². The lowest BCUT2D eigenvalue weighted by atomic mass is 10.4. The fraction of sp³-hybridized carbons (Fsp3) is 0. The van der Waals surface area contributed by atoms with Crippen LogP contribution in [-0.4, -0.2) is 11.1 Å². The van der Waals surface area contributed by atoms with Gasteiger partial charge in [0, 0.05) is 9.37 Å². The highest BCUT2D eigenvalue weighted by Crippen LogP contribution is 2.34. The minimum absolute atomic E-state index is 0.0467. The normalized spacial score (nSPS) is 10.3. The molecule has 5 heteroatoms. The molecule has 0 bridgehead atoms. The van der Waals surface area contributed by atoms with Crippen LogP contribution in [-0.2, 0) is 0 Å². The number of hydrogen-bond donors (Lipinski definition) is 1. The van der Waals surface area contributed by atoms with Gasteiger partial charge < -0.3 is 9.52 Å². The van der Waals surface area contributed by atoms with Crippen molar-refractivity contribution < 1.29 is 14.3 Å². The molecule has 0 aliphatic heterocycles. The summed E-state index contributed by atoms with van der Waals surface area (Å²) in [5, 5.41) is 9.27. The average molecular weight is 299 g/mol. The number of benzene rings is 1. The van der Waals surface area contributed by atoms with Gasteiger partial charge in [-0.2, -0.15) is 0 Å². The van der Waals surface area contributed by atoms with Crippen molar-refractivity contribution in [3.63, 3.8) is 0 Å². The van der Waals surface area contributed by atoms with E-state index in [1.807, 2.05) is 24.3 Å². The molecule has 0 saturated heterocycles. The van der Waals surface area contributed by atoms with E-state index in [0.29, 0.717) is 5.09 Å². The summed E-state index contributed by atoms with van der Waals surface area (Å²) in [5.74, 6) is -1.10. The standard InChI is InChI=1S/C11H7BrO3S/c12-7-3-1-2-4-9(7)16-10-6-5-8(15-10)11(13)14/h1-6H,(H,13,14). The lowest BCUT2D eigenvalue weighted by molar-refractivity contribution is 0.0656. The van der Waals surface area contributed by atoms with Gasteiger partial charge in [-0.1, -0.05) is 23.9 Å². The monoisotopic (exact) mass is 298 g/mol. The van der Waals surface area contributed by atoms with Gasteiger partial charge in [0.25, 0.3) is 0 Å². The maximum atomic E-state index is 10.6. The third-order valence-corrected chi connectivity index (χ3v) is 3.79. The van der Waals surface area contributed by atoms with Crippen LogP contribution in [0.4, 0.5) is 0 Å². The first-order valence-corrected chi connectivity index (χ1v) is 6.03. The van der Waals surface area contributed by atoms with Gasteiger partial charge in [0.2, 0.25) is 5.76 Å². The number of halogens is 1. The Labute approximate surface area is 105 Å². The Kier molecular flexibility index (Phi) is 3.36. The zero-order chi connectivity index (χ0) is 11.5. The zero-order valence-corrected chi connectivity index (χ0v) is 10.4. The zero-order valence-electron chi connectivity index (χ0n) is 8.01. The summed E-state index contributed by atoms with van der Waals surface area (Å²) in [4.78, 5) is 11.6. The van der Waals surface area contributed by atoms with Gasteiger partial charge in [-0.25, -0.2) is 4.79 Å². The second-order valence-corrected chi connectivity index (χ2v) is 4.86. The highest BCUT2D eigenvalue weighted by atomic mass is 79.9. The molecule has 2 rings (SSSR count). The van der Waals surface area contributed by atoms with Gasteiger partial charge in [-0.3, -0.25) is 0 Å². The third kappa shape index (κ3) is 2.48. The third-order valence-electron chi connectivity index (χ3n) is 1.84. The first-order chi connectivity index (χ1) is 7.66. The van der Waals surface area contributed by atoms with Crippen LogP contribution in [0.25, 0.3) is 0 Å². The molecule has 0 saturated carbocycles. The number of aromatic carboxylic acids is 1. The van der Waals surface area contributed by atoms with Crippen LogP contribution in [0.3, 0.4) is 0 Å². The van der Waals surface area contributed by atoms with E-state index >= 15 is 0 Å². The summed E-state index contributed by atoms with van der Waals surface area (Å²) < 4.78 is 6.10. The molecule has 1 N–H and O–H groups in total. The fourth-order valence-electron chi connectivity index (χ4n) is 1.13. The second-order valence-electron chi connectivity index (χ2n) is 2.96. The van der Waals surface area contributed by atoms with Crippen molar-refractivity contribution in [2.45, 2.75) is 9.99 Å². The van der Waals surface area contributed by atoms with E-state index < -0.39 is 5.97 Å². The van der Waals surface area contributed by atoms with Crippen molar-refractivity contribution in [3.8, 4) is 0 Å². The van der Waals surface area contributed by atoms with Crippen molar-refractivity contribution in [3.05, 3.63) is 46.6 Å². The molecule has 0 unspecified atom stereocenters. The van der Waals surface area contributed by atoms with E-state index in [9.17, 15) is 4.79 Å². The van der Waals surface area contributed by atoms with Gasteiger partial charge >= 0.3 is 5.97 Å². The predicted molar refractivity (Wildman–Crippen MR) is 63.9 cm³/mol. The molecule has 0 radical (unpaired) electrons. The van der Waals surface area contributed by atoms with Crippen molar-refractivity contribution in [2.24, 2.45) is 0 Å². The average Bonchev–Trinajstić information content (AvgIpc) is 2.70. The summed E-state index contributed by atoms with van der Waals surface area (Å²) in [6.45, 7) is 0. The van der Waals surface area contributed by atoms with Crippen LogP contribution in [0, 0.1) is 0 Å². The molecule has 0 spiro atoms. The maximum Gasteiger partial charge on any atom is 0.371 e. The summed E-state index contributed by atoms with van der Waals surface area (Å²) in [6.07, 6.45) is 0. The number of furan rings is 1. The molecular weight excluding hydrogens is 292 g/mol. The predicted octanol–water partition coefficient (Wildman–Crippen LogP) is 3.89. The molecular formula is C11H7BrO3S. The molecule has 0 fully saturated rings. The van der Waals surface area contributed by atoms with Crippen LogP contribution in [0.15, 0.2) is 55.3 Å². The Morgan fingerprint density at radius 2 is 2.00 bits per heavy atom. The largest absolute Gasteiger partial charge is 0.475 e. The molecule has 1 heterocycles. The molecule has 16 heavy (non-hydrogen) atoms. The van der Waals surface area contributed by atoms with Gasteiger partial charge in [0.15, 0.2) is 5.09 Å². The lowest BCUT2D eigenvalue weighted by Gasteiger charge is -2.00. The van der Waals surface area contributed by atoms with Crippen molar-refractivity contribution in [1.82, 2.24) is 0 Å². The number of carbonyl (C=O) groups is 1. The van der Waals surface area contributed by atoms with E-state index in [-0.39, 0.29) is 5.76 Å². The fourth-order valence-corrected chi connectivity index (χ4v) is 2.45. The maximum absolute atomic E-state index is 10.6. The molecule has 0 amide bonds. The Balaban J connectivity index is 2.21. The summed E-state index contributed by atoms with van der Waals surface area (Å²) in [7, 11) is 0. The summed E-state index contributed by atoms with van der Waals surface area (Å²) in [5.41, 5.74) is 0. The van der Waals surface area contributed by atoms with Crippen LogP contribution in [0.5, 0.6) is 0 Å². The first kappa shape index (κ1) is 11.3. The Bertz CT molecular complexity index is 521. The minimum atomic E-state index is -1.06. The van der Waals surface area contributed by atoms with E-state index in [1.54, 1.807) is 6.07 Å². The molecule has 3 nitrogen and oxygen atoms in total. The highest BCUT2D eigenvalue weighted by Gasteiger charge is 2.10. The molecule has 82 valence electrons. The van der Waals surface area contributed by atoms with Crippen LogP contribution in [0.2, 0.25) is 0 Å². The van der Waals surface area contributed by atoms with E-state index in [1.165, 1.54) is 17.8 Å². The van der Waals surface area contributed by atoms with Gasteiger partial charge in [0.05, 0.1) is 0 Å². The Hall–Kier alpha value is -1.20. The quantitative estimate of drug-likeness (QED) is 0.934. The van der Waals surface area contributed by atoms with E-state index in [4.69, 9.17) is 9.52 Å². The van der Waals surface area contributed by atoms with E-state index in [2.05, 4.69) is 15.9 Å². The molecule has 1 aromatic heterocycles. The summed E-state index contributed by atoms with van der Waals surface area (Å²) >= 11 is 4.79. The lowest BCUT2D eigenvalue weighted by Crippen LogP contribution is -1.91. The number of rotatable bonds is 3. The first-order valence-electron chi connectivity index (χ1n) is 4.42. The molecule has 2 aromatic rings. The van der Waals surface area contributed by atoms with E-state index in [0.717, 1.165) is 9.37 Å². The van der Waals surface area contributed by atoms with Crippen LogP contribution >= 0.6 is 27.7 Å². The number of hydrogen-bond acceptors (Lipinski definition) is 3. The van der Waals surface area contributed by atoms with Crippen molar-refractivity contribution in [1.29, 1.82) is 0 Å². The molecule has 0 aliphatic carbocycles. The Morgan fingerprint density at radius 1 is 1.25 bits per heavy atom. The Morgan fingerprint density at radius 3 is 2.62 bits per heavy atom. The minimum Gasteiger partial charge on any atom is -0.475 e. The van der Waals surface area contributed by atoms with Gasteiger partial charge in [-0.05, 0) is 40.2 Å². The van der Waals surface area contributed by atoms with Crippen molar-refractivity contribution >= 4 is 33.7 Å². The van der Waals surface area contributed by atoms with Crippen molar-refractivity contribution in [2.75, 3.05) is 0 Å². The van der Waals surface area contributed by atoms with Gasteiger partial charge in [-0.15, -0.1) is 0 Å². The second kappa shape index (κ2) is 4.76. The van der Waals surface area contributed by atoms with Crippen LogP contribution < -0.4 is 0 Å². The highest BCUT2D eigenvalue weighted by molar-refractivity contribution is 9.10. The number of carboxylic acids is 1. The smallest absolute Gasteiger partial charge is 0.371 e. The summed E-state index contributed by atoms with van der Waals surface area (Å²) in [6, 6.07) is 10.8. The molecule has 0 atom stereocenters. The van der Waals surface area contributed by atoms with Gasteiger partial charge in [0.1, 0.15) is 0 Å². The molecule has 1 aromatic carbocycles.